The average Bonchev–Trinajstić information content (AvgIpc) is 3.34. The van der Waals surface area contributed by atoms with Crippen molar-refractivity contribution in [3.05, 3.63) is 42.2 Å². The first-order valence-electron chi connectivity index (χ1n) is 8.35. The third-order valence-electron chi connectivity index (χ3n) is 4.60. The summed E-state index contributed by atoms with van der Waals surface area (Å²) in [6, 6.07) is 3.70. The van der Waals surface area contributed by atoms with Crippen LogP contribution in [0.15, 0.2) is 30.7 Å². The molecule has 5 heteroatoms. The molecule has 0 atom stereocenters. The Morgan fingerprint density at radius 2 is 2.17 bits per heavy atom. The SMILES string of the molecule is CN(C(=O)c1cnc(CCCCC2CC2)n1C)c1cccnc1. The Hall–Kier alpha value is -2.17. The molecule has 1 aliphatic carbocycles. The second-order valence-corrected chi connectivity index (χ2v) is 6.38. The summed E-state index contributed by atoms with van der Waals surface area (Å²) >= 11 is 0. The molecule has 0 saturated heterocycles. The molecule has 0 bridgehead atoms. The van der Waals surface area contributed by atoms with Crippen LogP contribution in [-0.4, -0.2) is 27.5 Å². The Balaban J connectivity index is 1.62. The van der Waals surface area contributed by atoms with Gasteiger partial charge >= 0.3 is 0 Å². The molecule has 1 saturated carbocycles. The Morgan fingerprint density at radius 1 is 1.35 bits per heavy atom. The number of unbranched alkanes of at least 4 members (excludes halogenated alkanes) is 1. The van der Waals surface area contributed by atoms with Gasteiger partial charge in [0.15, 0.2) is 0 Å². The van der Waals surface area contributed by atoms with Crippen LogP contribution in [0.3, 0.4) is 0 Å². The fourth-order valence-electron chi connectivity index (χ4n) is 2.84. The van der Waals surface area contributed by atoms with Crippen molar-refractivity contribution in [1.82, 2.24) is 14.5 Å². The summed E-state index contributed by atoms with van der Waals surface area (Å²) in [5.74, 6) is 1.92. The predicted molar refractivity (Wildman–Crippen MR) is 90.5 cm³/mol. The lowest BCUT2D eigenvalue weighted by atomic mass is 10.1. The first kappa shape index (κ1) is 15.7. The first-order chi connectivity index (χ1) is 11.2. The van der Waals surface area contributed by atoms with Crippen molar-refractivity contribution in [2.45, 2.75) is 38.5 Å². The van der Waals surface area contributed by atoms with Gasteiger partial charge in [-0.15, -0.1) is 0 Å². The van der Waals surface area contributed by atoms with Gasteiger partial charge in [-0.2, -0.15) is 0 Å². The third kappa shape index (κ3) is 3.78. The molecular formula is C18H24N4O. The van der Waals surface area contributed by atoms with E-state index in [2.05, 4.69) is 9.97 Å². The number of imidazole rings is 1. The number of nitrogens with zero attached hydrogens (tertiary/aromatic N) is 4. The molecule has 122 valence electrons. The number of hydrogen-bond acceptors (Lipinski definition) is 3. The molecule has 0 aromatic carbocycles. The predicted octanol–water partition coefficient (Wildman–Crippen LogP) is 3.21. The highest BCUT2D eigenvalue weighted by atomic mass is 16.2. The molecule has 0 radical (unpaired) electrons. The molecule has 2 aromatic rings. The zero-order valence-electron chi connectivity index (χ0n) is 13.9. The zero-order chi connectivity index (χ0) is 16.2. The van der Waals surface area contributed by atoms with E-state index in [1.54, 1.807) is 30.5 Å². The second kappa shape index (κ2) is 6.94. The number of aromatic nitrogens is 3. The smallest absolute Gasteiger partial charge is 0.276 e. The van der Waals surface area contributed by atoms with Crippen molar-refractivity contribution in [3.8, 4) is 0 Å². The lowest BCUT2D eigenvalue weighted by molar-refractivity contribution is 0.0985. The van der Waals surface area contributed by atoms with E-state index in [4.69, 9.17) is 0 Å². The summed E-state index contributed by atoms with van der Waals surface area (Å²) in [7, 11) is 3.69. The minimum atomic E-state index is -0.0581. The molecule has 2 heterocycles. The highest BCUT2D eigenvalue weighted by Crippen LogP contribution is 2.34. The maximum Gasteiger partial charge on any atom is 0.276 e. The molecule has 0 unspecified atom stereocenters. The fraction of sp³-hybridized carbons (Fsp3) is 0.500. The van der Waals surface area contributed by atoms with Gasteiger partial charge in [0.05, 0.1) is 18.1 Å². The van der Waals surface area contributed by atoms with E-state index in [9.17, 15) is 4.79 Å². The lowest BCUT2D eigenvalue weighted by Gasteiger charge is -2.17. The van der Waals surface area contributed by atoms with Crippen LogP contribution in [0.4, 0.5) is 5.69 Å². The van der Waals surface area contributed by atoms with Crippen LogP contribution in [0, 0.1) is 5.92 Å². The van der Waals surface area contributed by atoms with Gasteiger partial charge in [-0.25, -0.2) is 4.98 Å². The Kier molecular flexibility index (Phi) is 4.74. The van der Waals surface area contributed by atoms with Gasteiger partial charge in [-0.1, -0.05) is 25.7 Å². The molecule has 0 N–H and O–H groups in total. The molecule has 3 rings (SSSR count). The summed E-state index contributed by atoms with van der Waals surface area (Å²) in [5, 5.41) is 0. The summed E-state index contributed by atoms with van der Waals surface area (Å²) < 4.78 is 1.92. The monoisotopic (exact) mass is 312 g/mol. The van der Waals surface area contributed by atoms with Gasteiger partial charge in [0.1, 0.15) is 11.5 Å². The van der Waals surface area contributed by atoms with Gasteiger partial charge in [0.25, 0.3) is 5.91 Å². The van der Waals surface area contributed by atoms with E-state index in [0.29, 0.717) is 5.69 Å². The molecule has 0 aliphatic heterocycles. The van der Waals surface area contributed by atoms with Crippen LogP contribution in [0.2, 0.25) is 0 Å². The van der Waals surface area contributed by atoms with Crippen molar-refractivity contribution in [2.24, 2.45) is 13.0 Å². The number of aryl methyl sites for hydroxylation is 1. The summed E-state index contributed by atoms with van der Waals surface area (Å²) in [4.78, 5) is 22.8. The molecule has 1 amide bonds. The highest BCUT2D eigenvalue weighted by Gasteiger charge is 2.21. The first-order valence-corrected chi connectivity index (χ1v) is 8.35. The van der Waals surface area contributed by atoms with Crippen LogP contribution in [0.5, 0.6) is 0 Å². The average molecular weight is 312 g/mol. The standard InChI is InChI=1S/C18H24N4O/c1-21(15-7-5-11-19-12-15)18(23)16-13-20-17(22(16)2)8-4-3-6-14-9-10-14/h5,7,11-14H,3-4,6,8-10H2,1-2H3. The Morgan fingerprint density at radius 3 is 2.87 bits per heavy atom. The Bertz CT molecular complexity index is 661. The molecular weight excluding hydrogens is 288 g/mol. The maximum atomic E-state index is 12.6. The van der Waals surface area contributed by atoms with E-state index < -0.39 is 0 Å². The second-order valence-electron chi connectivity index (χ2n) is 6.38. The lowest BCUT2D eigenvalue weighted by Crippen LogP contribution is -2.28. The maximum absolute atomic E-state index is 12.6. The molecule has 1 fully saturated rings. The number of pyridine rings is 1. The summed E-state index contributed by atoms with van der Waals surface area (Å²) in [5.41, 5.74) is 1.40. The fourth-order valence-corrected chi connectivity index (χ4v) is 2.84. The quantitative estimate of drug-likeness (QED) is 0.738. The van der Waals surface area contributed by atoms with Crippen molar-refractivity contribution in [2.75, 3.05) is 11.9 Å². The van der Waals surface area contributed by atoms with Crippen LogP contribution in [-0.2, 0) is 13.5 Å². The van der Waals surface area contributed by atoms with E-state index in [-0.39, 0.29) is 5.91 Å². The molecule has 2 aromatic heterocycles. The van der Waals surface area contributed by atoms with Crippen LogP contribution in [0.25, 0.3) is 0 Å². The van der Waals surface area contributed by atoms with Gasteiger partial charge in [0, 0.05) is 26.7 Å². The minimum absolute atomic E-state index is 0.0581. The topological polar surface area (TPSA) is 51.0 Å². The molecule has 5 nitrogen and oxygen atoms in total. The Labute approximate surface area is 137 Å². The minimum Gasteiger partial charge on any atom is -0.327 e. The number of anilines is 1. The number of carbonyl (C=O) groups excluding carboxylic acids is 1. The van der Waals surface area contributed by atoms with Crippen LogP contribution < -0.4 is 4.90 Å². The molecule has 0 spiro atoms. The van der Waals surface area contributed by atoms with E-state index in [1.807, 2.05) is 23.7 Å². The van der Waals surface area contributed by atoms with Gasteiger partial charge in [0.2, 0.25) is 0 Å². The van der Waals surface area contributed by atoms with E-state index in [1.165, 1.54) is 25.7 Å². The van der Waals surface area contributed by atoms with Gasteiger partial charge in [-0.05, 0) is 24.5 Å². The molecule has 1 aliphatic rings. The number of rotatable bonds is 7. The van der Waals surface area contributed by atoms with Crippen LogP contribution in [0.1, 0.15) is 48.4 Å². The van der Waals surface area contributed by atoms with E-state index >= 15 is 0 Å². The van der Waals surface area contributed by atoms with Crippen molar-refractivity contribution < 1.29 is 4.79 Å². The highest BCUT2D eigenvalue weighted by molar-refractivity contribution is 6.04. The number of amides is 1. The van der Waals surface area contributed by atoms with Crippen molar-refractivity contribution >= 4 is 11.6 Å². The third-order valence-corrected chi connectivity index (χ3v) is 4.60. The van der Waals surface area contributed by atoms with Gasteiger partial charge < -0.3 is 9.47 Å². The zero-order valence-corrected chi connectivity index (χ0v) is 13.9. The van der Waals surface area contributed by atoms with Crippen molar-refractivity contribution in [3.63, 3.8) is 0 Å². The molecule has 23 heavy (non-hydrogen) atoms. The van der Waals surface area contributed by atoms with Gasteiger partial charge in [-0.3, -0.25) is 9.78 Å². The van der Waals surface area contributed by atoms with Crippen molar-refractivity contribution in [1.29, 1.82) is 0 Å². The van der Waals surface area contributed by atoms with E-state index in [0.717, 1.165) is 30.3 Å². The number of hydrogen-bond donors (Lipinski definition) is 0. The summed E-state index contributed by atoms with van der Waals surface area (Å²) in [6.45, 7) is 0. The normalized spacial score (nSPS) is 14.0. The summed E-state index contributed by atoms with van der Waals surface area (Å²) in [6.07, 6.45) is 12.6. The largest absolute Gasteiger partial charge is 0.327 e. The number of carbonyl (C=O) groups is 1. The van der Waals surface area contributed by atoms with Crippen LogP contribution >= 0.6 is 0 Å².